The molecular weight excluding hydrogens is 263 g/mol. The lowest BCUT2D eigenvalue weighted by atomic mass is 10.2. The van der Waals surface area contributed by atoms with E-state index in [4.69, 9.17) is 10.8 Å². The maximum Gasteiger partial charge on any atom is 0.435 e. The number of carboxylic acid groups (broad SMARTS) is 1. The fourth-order valence-electron chi connectivity index (χ4n) is 1.51. The molecule has 0 atom stereocenters. The zero-order valence-electron chi connectivity index (χ0n) is 9.35. The van der Waals surface area contributed by atoms with E-state index in [1.807, 2.05) is 0 Å². The largest absolute Gasteiger partial charge is 0.478 e. The first-order valence-corrected chi connectivity index (χ1v) is 5.05. The zero-order valence-corrected chi connectivity index (χ0v) is 9.35. The van der Waals surface area contributed by atoms with Crippen LogP contribution in [-0.4, -0.2) is 20.9 Å². The summed E-state index contributed by atoms with van der Waals surface area (Å²) in [5.41, 5.74) is 4.71. The third-order valence-corrected chi connectivity index (χ3v) is 2.40. The van der Waals surface area contributed by atoms with Crippen LogP contribution in [0.2, 0.25) is 0 Å². The minimum atomic E-state index is -4.54. The predicted molar refractivity (Wildman–Crippen MR) is 59.9 cm³/mol. The van der Waals surface area contributed by atoms with Crippen molar-refractivity contribution in [3.8, 4) is 5.69 Å². The lowest BCUT2D eigenvalue weighted by Gasteiger charge is -2.07. The Morgan fingerprint density at radius 1 is 1.32 bits per heavy atom. The van der Waals surface area contributed by atoms with E-state index in [9.17, 15) is 18.0 Å². The molecule has 0 bridgehead atoms. The molecule has 0 spiro atoms. The molecule has 19 heavy (non-hydrogen) atoms. The summed E-state index contributed by atoms with van der Waals surface area (Å²) >= 11 is 0. The second-order valence-corrected chi connectivity index (χ2v) is 3.72. The minimum Gasteiger partial charge on any atom is -0.478 e. The lowest BCUT2D eigenvalue weighted by Crippen LogP contribution is -2.08. The highest BCUT2D eigenvalue weighted by atomic mass is 19.4. The predicted octanol–water partition coefficient (Wildman–Crippen LogP) is 2.17. The molecule has 2 aromatic rings. The van der Waals surface area contributed by atoms with Crippen LogP contribution in [0.1, 0.15) is 16.1 Å². The van der Waals surface area contributed by atoms with Gasteiger partial charge in [-0.05, 0) is 24.3 Å². The second kappa shape index (κ2) is 4.30. The average molecular weight is 271 g/mol. The molecule has 0 fully saturated rings. The van der Waals surface area contributed by atoms with E-state index in [1.165, 1.54) is 12.1 Å². The molecule has 1 aromatic carbocycles. The number of aromatic carboxylic acids is 1. The summed E-state index contributed by atoms with van der Waals surface area (Å²) in [6, 6.07) is 4.51. The van der Waals surface area contributed by atoms with Gasteiger partial charge in [-0.2, -0.15) is 18.3 Å². The molecular formula is C11H8F3N3O2. The van der Waals surface area contributed by atoms with Crippen LogP contribution in [0.3, 0.4) is 0 Å². The van der Waals surface area contributed by atoms with Crippen LogP contribution in [0.25, 0.3) is 5.69 Å². The van der Waals surface area contributed by atoms with Gasteiger partial charge in [0.1, 0.15) is 0 Å². The van der Waals surface area contributed by atoms with E-state index in [1.54, 1.807) is 0 Å². The van der Waals surface area contributed by atoms with E-state index in [-0.39, 0.29) is 16.9 Å². The van der Waals surface area contributed by atoms with Crippen molar-refractivity contribution < 1.29 is 23.1 Å². The molecule has 0 amide bonds. The number of halogens is 3. The van der Waals surface area contributed by atoms with Crippen molar-refractivity contribution in [2.45, 2.75) is 6.18 Å². The number of anilines is 1. The number of hydrogen-bond donors (Lipinski definition) is 2. The molecule has 0 radical (unpaired) electrons. The van der Waals surface area contributed by atoms with E-state index in [0.29, 0.717) is 0 Å². The Hall–Kier alpha value is -2.51. The van der Waals surface area contributed by atoms with E-state index in [2.05, 4.69) is 5.10 Å². The van der Waals surface area contributed by atoms with Crippen LogP contribution in [0.5, 0.6) is 0 Å². The van der Waals surface area contributed by atoms with Gasteiger partial charge in [0.25, 0.3) is 0 Å². The second-order valence-electron chi connectivity index (χ2n) is 3.72. The van der Waals surface area contributed by atoms with Gasteiger partial charge in [-0.3, -0.25) is 0 Å². The van der Waals surface area contributed by atoms with Crippen molar-refractivity contribution in [2.24, 2.45) is 0 Å². The Morgan fingerprint density at radius 2 is 2.00 bits per heavy atom. The molecule has 3 N–H and O–H groups in total. The van der Waals surface area contributed by atoms with Gasteiger partial charge < -0.3 is 10.8 Å². The number of nitrogens with zero attached hydrogens (tertiary/aromatic N) is 2. The molecule has 100 valence electrons. The summed E-state index contributed by atoms with van der Waals surface area (Å²) in [5, 5.41) is 12.1. The van der Waals surface area contributed by atoms with Crippen molar-refractivity contribution in [3.63, 3.8) is 0 Å². The quantitative estimate of drug-likeness (QED) is 0.820. The third-order valence-electron chi connectivity index (χ3n) is 2.40. The number of nitrogens with two attached hydrogens (primary N) is 1. The summed E-state index contributed by atoms with van der Waals surface area (Å²) in [6.07, 6.45) is -3.43. The molecule has 2 rings (SSSR count). The normalized spacial score (nSPS) is 11.5. The van der Waals surface area contributed by atoms with Gasteiger partial charge in [0.05, 0.1) is 16.9 Å². The van der Waals surface area contributed by atoms with Gasteiger partial charge in [0.15, 0.2) is 5.69 Å². The van der Waals surface area contributed by atoms with Crippen molar-refractivity contribution in [1.29, 1.82) is 0 Å². The first-order chi connectivity index (χ1) is 8.79. The Balaban J connectivity index is 2.43. The molecule has 0 aliphatic carbocycles. The van der Waals surface area contributed by atoms with Crippen molar-refractivity contribution >= 4 is 11.7 Å². The number of nitrogen functional groups attached to an aromatic ring is 1. The van der Waals surface area contributed by atoms with E-state index < -0.39 is 17.8 Å². The minimum absolute atomic E-state index is 0.0247. The number of hydrogen-bond acceptors (Lipinski definition) is 3. The molecule has 5 nitrogen and oxygen atoms in total. The summed E-state index contributed by atoms with van der Waals surface area (Å²) in [4.78, 5) is 10.7. The first kappa shape index (κ1) is 12.9. The highest BCUT2D eigenvalue weighted by Crippen LogP contribution is 2.28. The van der Waals surface area contributed by atoms with Gasteiger partial charge in [-0.1, -0.05) is 0 Å². The Morgan fingerprint density at radius 3 is 2.47 bits per heavy atom. The molecule has 0 aliphatic rings. The van der Waals surface area contributed by atoms with Crippen LogP contribution < -0.4 is 5.73 Å². The highest BCUT2D eigenvalue weighted by Gasteiger charge is 2.33. The Bertz CT molecular complexity index is 634. The number of alkyl halides is 3. The van der Waals surface area contributed by atoms with Gasteiger partial charge in [0.2, 0.25) is 0 Å². The van der Waals surface area contributed by atoms with Gasteiger partial charge in [-0.15, -0.1) is 0 Å². The zero-order chi connectivity index (χ0) is 14.2. The smallest absolute Gasteiger partial charge is 0.435 e. The number of aromatic nitrogens is 2. The van der Waals surface area contributed by atoms with Crippen LogP contribution in [0.15, 0.2) is 30.5 Å². The summed E-state index contributed by atoms with van der Waals surface area (Å²) in [5.74, 6) is -1.17. The Kier molecular flexibility index (Phi) is 2.93. The average Bonchev–Trinajstić information content (AvgIpc) is 2.77. The van der Waals surface area contributed by atoms with Crippen LogP contribution in [-0.2, 0) is 6.18 Å². The fourth-order valence-corrected chi connectivity index (χ4v) is 1.51. The molecule has 0 aliphatic heterocycles. The highest BCUT2D eigenvalue weighted by molar-refractivity contribution is 5.89. The standard InChI is InChI=1S/C11H8F3N3O2/c12-11(13,14)9-3-4-17(16-9)8-2-1-6(10(18)19)5-7(8)15/h1-5H,15H2,(H,18,19). The van der Waals surface area contributed by atoms with Gasteiger partial charge in [0, 0.05) is 6.20 Å². The number of benzene rings is 1. The fraction of sp³-hybridized carbons (Fsp3) is 0.0909. The number of carbonyl (C=O) groups is 1. The molecule has 1 heterocycles. The third kappa shape index (κ3) is 2.51. The Labute approximate surface area is 105 Å². The van der Waals surface area contributed by atoms with Crippen LogP contribution >= 0.6 is 0 Å². The van der Waals surface area contributed by atoms with Crippen molar-refractivity contribution in [3.05, 3.63) is 41.7 Å². The van der Waals surface area contributed by atoms with Gasteiger partial charge >= 0.3 is 12.1 Å². The maximum atomic E-state index is 12.4. The van der Waals surface area contributed by atoms with Gasteiger partial charge in [-0.25, -0.2) is 9.48 Å². The summed E-state index contributed by atoms with van der Waals surface area (Å²) in [6.45, 7) is 0. The van der Waals surface area contributed by atoms with E-state index >= 15 is 0 Å². The topological polar surface area (TPSA) is 81.1 Å². The SMILES string of the molecule is Nc1cc(C(=O)O)ccc1-n1ccc(C(F)(F)F)n1. The summed E-state index contributed by atoms with van der Waals surface area (Å²) < 4.78 is 38.2. The monoisotopic (exact) mass is 271 g/mol. The lowest BCUT2D eigenvalue weighted by molar-refractivity contribution is -0.141. The molecule has 0 saturated heterocycles. The number of carboxylic acids is 1. The van der Waals surface area contributed by atoms with Crippen molar-refractivity contribution in [1.82, 2.24) is 9.78 Å². The maximum absolute atomic E-state index is 12.4. The molecule has 1 aromatic heterocycles. The molecule has 8 heteroatoms. The van der Waals surface area contributed by atoms with Crippen LogP contribution in [0.4, 0.5) is 18.9 Å². The van der Waals surface area contributed by atoms with Crippen LogP contribution in [0, 0.1) is 0 Å². The molecule has 0 unspecified atom stereocenters. The molecule has 0 saturated carbocycles. The van der Waals surface area contributed by atoms with E-state index in [0.717, 1.165) is 23.0 Å². The summed E-state index contributed by atoms with van der Waals surface area (Å²) in [7, 11) is 0. The number of rotatable bonds is 2. The van der Waals surface area contributed by atoms with Crippen molar-refractivity contribution in [2.75, 3.05) is 5.73 Å². The first-order valence-electron chi connectivity index (χ1n) is 5.05.